The summed E-state index contributed by atoms with van der Waals surface area (Å²) >= 11 is 0. The maximum Gasteiger partial charge on any atom is 0.246 e. The Bertz CT molecular complexity index is 653. The fraction of sp³-hybridized carbons (Fsp3) is 0.0909. The van der Waals surface area contributed by atoms with Crippen LogP contribution in [0.2, 0.25) is 0 Å². The van der Waals surface area contributed by atoms with Crippen LogP contribution in [0.4, 0.5) is 0 Å². The van der Waals surface area contributed by atoms with Crippen LogP contribution in [0.25, 0.3) is 0 Å². The number of rotatable bonds is 3. The van der Waals surface area contributed by atoms with Gasteiger partial charge in [-0.1, -0.05) is 6.07 Å². The molecule has 7 heteroatoms. The fourth-order valence-corrected chi connectivity index (χ4v) is 1.72. The van der Waals surface area contributed by atoms with E-state index in [2.05, 4.69) is 9.97 Å². The Labute approximate surface area is 104 Å². The third-order valence-electron chi connectivity index (χ3n) is 1.99. The zero-order valence-electron chi connectivity index (χ0n) is 9.44. The van der Waals surface area contributed by atoms with E-state index in [1.807, 2.05) is 0 Å². The van der Waals surface area contributed by atoms with E-state index in [0.717, 1.165) is 6.26 Å². The monoisotopic (exact) mass is 266 g/mol. The van der Waals surface area contributed by atoms with E-state index in [4.69, 9.17) is 4.74 Å². The van der Waals surface area contributed by atoms with Crippen molar-refractivity contribution in [2.75, 3.05) is 6.26 Å². The van der Waals surface area contributed by atoms with Crippen LogP contribution in [-0.2, 0) is 9.84 Å². The summed E-state index contributed by atoms with van der Waals surface area (Å²) in [6, 6.07) is 6.20. The Morgan fingerprint density at radius 2 is 1.83 bits per heavy atom. The number of sulfone groups is 1. The predicted molar refractivity (Wildman–Crippen MR) is 63.3 cm³/mol. The zero-order valence-corrected chi connectivity index (χ0v) is 10.3. The molecule has 1 aromatic heterocycles. The number of aromatic hydroxyl groups is 1. The van der Waals surface area contributed by atoms with Crippen LogP contribution >= 0.6 is 0 Å². The van der Waals surface area contributed by atoms with Gasteiger partial charge >= 0.3 is 0 Å². The van der Waals surface area contributed by atoms with Crippen molar-refractivity contribution in [2.24, 2.45) is 0 Å². The molecular weight excluding hydrogens is 256 g/mol. The first-order valence-corrected chi connectivity index (χ1v) is 6.83. The maximum atomic E-state index is 11.1. The van der Waals surface area contributed by atoms with Gasteiger partial charge in [0.15, 0.2) is 5.75 Å². The minimum Gasteiger partial charge on any atom is -0.508 e. The van der Waals surface area contributed by atoms with Gasteiger partial charge < -0.3 is 9.84 Å². The molecule has 0 amide bonds. The lowest BCUT2D eigenvalue weighted by Gasteiger charge is -2.05. The van der Waals surface area contributed by atoms with Gasteiger partial charge in [-0.15, -0.1) is 0 Å². The molecule has 0 aliphatic heterocycles. The van der Waals surface area contributed by atoms with E-state index in [-0.39, 0.29) is 16.7 Å². The van der Waals surface area contributed by atoms with Crippen LogP contribution < -0.4 is 4.74 Å². The number of aromatic nitrogens is 2. The molecule has 0 atom stereocenters. The predicted octanol–water partition coefficient (Wildman–Crippen LogP) is 1.38. The molecule has 0 aliphatic rings. The summed E-state index contributed by atoms with van der Waals surface area (Å²) in [5.74, 6) is 0.764. The van der Waals surface area contributed by atoms with Crippen molar-refractivity contribution in [2.45, 2.75) is 5.16 Å². The third-order valence-corrected chi connectivity index (χ3v) is 2.86. The third kappa shape index (κ3) is 2.95. The van der Waals surface area contributed by atoms with Crippen LogP contribution in [0.1, 0.15) is 0 Å². The van der Waals surface area contributed by atoms with Crippen molar-refractivity contribution in [3.8, 4) is 17.2 Å². The standard InChI is InChI=1S/C11H10N2O4S/c1-18(15,16)11-12-6-10(7-13-11)17-9-4-2-3-8(14)5-9/h2-7,14H,1H3. The smallest absolute Gasteiger partial charge is 0.246 e. The Morgan fingerprint density at radius 1 is 1.17 bits per heavy atom. The number of nitrogens with zero attached hydrogens (tertiary/aromatic N) is 2. The summed E-state index contributed by atoms with van der Waals surface area (Å²) in [6.07, 6.45) is 3.54. The Hall–Kier alpha value is -2.15. The van der Waals surface area contributed by atoms with Crippen molar-refractivity contribution in [3.63, 3.8) is 0 Å². The quantitative estimate of drug-likeness (QED) is 0.844. The lowest BCUT2D eigenvalue weighted by Crippen LogP contribution is -2.03. The van der Waals surface area contributed by atoms with E-state index in [9.17, 15) is 13.5 Å². The second kappa shape index (κ2) is 4.61. The van der Waals surface area contributed by atoms with Crippen molar-refractivity contribution in [1.29, 1.82) is 0 Å². The summed E-state index contributed by atoms with van der Waals surface area (Å²) < 4.78 is 27.6. The molecular formula is C11H10N2O4S. The fourth-order valence-electron chi connectivity index (χ4n) is 1.23. The average Bonchev–Trinajstić information content (AvgIpc) is 2.28. The molecule has 18 heavy (non-hydrogen) atoms. The highest BCUT2D eigenvalue weighted by Crippen LogP contribution is 2.23. The van der Waals surface area contributed by atoms with Gasteiger partial charge in [0, 0.05) is 12.3 Å². The van der Waals surface area contributed by atoms with Gasteiger partial charge in [-0.05, 0) is 12.1 Å². The highest BCUT2D eigenvalue weighted by atomic mass is 32.2. The lowest BCUT2D eigenvalue weighted by atomic mass is 10.3. The van der Waals surface area contributed by atoms with Gasteiger partial charge in [-0.3, -0.25) is 0 Å². The number of phenols is 1. The molecule has 2 rings (SSSR count). The van der Waals surface area contributed by atoms with E-state index in [0.29, 0.717) is 5.75 Å². The zero-order chi connectivity index (χ0) is 13.2. The first-order valence-electron chi connectivity index (χ1n) is 4.94. The van der Waals surface area contributed by atoms with Crippen molar-refractivity contribution < 1.29 is 18.3 Å². The summed E-state index contributed by atoms with van der Waals surface area (Å²) in [6.45, 7) is 0. The molecule has 94 valence electrons. The molecule has 6 nitrogen and oxygen atoms in total. The van der Waals surface area contributed by atoms with Gasteiger partial charge in [0.1, 0.15) is 11.5 Å². The maximum absolute atomic E-state index is 11.1. The lowest BCUT2D eigenvalue weighted by molar-refractivity contribution is 0.452. The minimum absolute atomic E-state index is 0.0705. The summed E-state index contributed by atoms with van der Waals surface area (Å²) in [5.41, 5.74) is 0. The van der Waals surface area contributed by atoms with Gasteiger partial charge in [-0.2, -0.15) is 0 Å². The van der Waals surface area contributed by atoms with Gasteiger partial charge in [0.05, 0.1) is 12.4 Å². The van der Waals surface area contributed by atoms with E-state index >= 15 is 0 Å². The van der Waals surface area contributed by atoms with Crippen molar-refractivity contribution in [3.05, 3.63) is 36.7 Å². The van der Waals surface area contributed by atoms with Crippen LogP contribution in [-0.4, -0.2) is 29.7 Å². The average molecular weight is 266 g/mol. The molecule has 0 unspecified atom stereocenters. The largest absolute Gasteiger partial charge is 0.508 e. The normalized spacial score (nSPS) is 11.2. The highest BCUT2D eigenvalue weighted by Gasteiger charge is 2.10. The molecule has 0 aliphatic carbocycles. The molecule has 0 saturated heterocycles. The van der Waals surface area contributed by atoms with Crippen molar-refractivity contribution in [1.82, 2.24) is 9.97 Å². The molecule has 1 N–H and O–H groups in total. The molecule has 2 aromatic rings. The second-order valence-electron chi connectivity index (χ2n) is 3.57. The topological polar surface area (TPSA) is 89.4 Å². The molecule has 0 radical (unpaired) electrons. The number of hydrogen-bond acceptors (Lipinski definition) is 6. The first kappa shape index (κ1) is 12.3. The summed E-state index contributed by atoms with van der Waals surface area (Å²) in [7, 11) is -3.42. The Morgan fingerprint density at radius 3 is 2.39 bits per heavy atom. The Balaban J connectivity index is 2.21. The molecule has 1 heterocycles. The molecule has 0 saturated carbocycles. The minimum atomic E-state index is -3.42. The van der Waals surface area contributed by atoms with Gasteiger partial charge in [0.25, 0.3) is 0 Å². The second-order valence-corrected chi connectivity index (χ2v) is 5.48. The van der Waals surface area contributed by atoms with E-state index in [1.54, 1.807) is 12.1 Å². The number of benzene rings is 1. The highest BCUT2D eigenvalue weighted by molar-refractivity contribution is 7.90. The Kier molecular flexibility index (Phi) is 3.15. The summed E-state index contributed by atoms with van der Waals surface area (Å²) in [4.78, 5) is 7.36. The molecule has 0 bridgehead atoms. The van der Waals surface area contributed by atoms with Gasteiger partial charge in [0.2, 0.25) is 15.0 Å². The first-order chi connectivity index (χ1) is 8.45. The van der Waals surface area contributed by atoms with E-state index in [1.165, 1.54) is 24.5 Å². The number of phenolic OH excluding ortho intramolecular Hbond substituents is 1. The van der Waals surface area contributed by atoms with Gasteiger partial charge in [-0.25, -0.2) is 18.4 Å². The van der Waals surface area contributed by atoms with Crippen molar-refractivity contribution >= 4 is 9.84 Å². The number of ether oxygens (including phenoxy) is 1. The molecule has 0 fully saturated rings. The van der Waals surface area contributed by atoms with Crippen LogP contribution in [0.3, 0.4) is 0 Å². The van der Waals surface area contributed by atoms with Crippen LogP contribution in [0.15, 0.2) is 41.8 Å². The number of hydrogen-bond donors (Lipinski definition) is 1. The van der Waals surface area contributed by atoms with Crippen LogP contribution in [0.5, 0.6) is 17.2 Å². The summed E-state index contributed by atoms with van der Waals surface area (Å²) in [5, 5.41) is 8.99. The SMILES string of the molecule is CS(=O)(=O)c1ncc(Oc2cccc(O)c2)cn1. The molecule has 1 aromatic carbocycles. The van der Waals surface area contributed by atoms with E-state index < -0.39 is 9.84 Å². The van der Waals surface area contributed by atoms with Crippen LogP contribution in [0, 0.1) is 0 Å². The molecule has 0 spiro atoms.